The minimum Gasteiger partial charge on any atom is -0.477 e. The normalized spacial score (nSPS) is 10.4. The van der Waals surface area contributed by atoms with E-state index in [0.717, 1.165) is 11.3 Å². The van der Waals surface area contributed by atoms with Gasteiger partial charge in [0.1, 0.15) is 15.6 Å². The van der Waals surface area contributed by atoms with E-state index in [1.54, 1.807) is 6.92 Å². The molecule has 0 unspecified atom stereocenters. The number of halogens is 1. The van der Waals surface area contributed by atoms with Gasteiger partial charge in [0.2, 0.25) is 0 Å². The van der Waals surface area contributed by atoms with Crippen LogP contribution in [-0.2, 0) is 6.54 Å². The van der Waals surface area contributed by atoms with Crippen LogP contribution in [-0.4, -0.2) is 27.0 Å². The van der Waals surface area contributed by atoms with E-state index in [-0.39, 0.29) is 17.3 Å². The first-order valence-corrected chi connectivity index (χ1v) is 6.48. The molecule has 0 radical (unpaired) electrons. The number of hydrogen-bond acceptors (Lipinski definition) is 4. The van der Waals surface area contributed by atoms with E-state index in [1.807, 2.05) is 0 Å². The third kappa shape index (κ3) is 3.12. The van der Waals surface area contributed by atoms with Gasteiger partial charge in [-0.15, -0.1) is 11.3 Å². The van der Waals surface area contributed by atoms with Crippen molar-refractivity contribution in [2.75, 3.05) is 0 Å². The number of carbonyl (C=O) groups excluding carboxylic acids is 1. The summed E-state index contributed by atoms with van der Waals surface area (Å²) in [5.74, 6) is -1.33. The molecule has 2 rings (SSSR count). The molecule has 0 bridgehead atoms. The number of rotatable bonds is 4. The molecule has 0 spiro atoms. The molecule has 100 valence electrons. The molecule has 0 aliphatic heterocycles. The van der Waals surface area contributed by atoms with E-state index in [9.17, 15) is 9.59 Å². The van der Waals surface area contributed by atoms with E-state index >= 15 is 0 Å². The molecule has 0 aliphatic rings. The lowest BCUT2D eigenvalue weighted by atomic mass is 10.4. The summed E-state index contributed by atoms with van der Waals surface area (Å²) in [5.41, 5.74) is 0.793. The number of carboxylic acids is 1. The third-order valence-corrected chi connectivity index (χ3v) is 3.69. The number of aryl methyl sites for hydroxylation is 1. The predicted molar refractivity (Wildman–Crippen MR) is 70.8 cm³/mol. The third-order valence-electron chi connectivity index (χ3n) is 2.33. The Balaban J connectivity index is 2.01. The Kier molecular flexibility index (Phi) is 3.87. The number of H-pyrrole nitrogens is 1. The van der Waals surface area contributed by atoms with Crippen molar-refractivity contribution in [1.29, 1.82) is 0 Å². The van der Waals surface area contributed by atoms with Crippen LogP contribution in [0.25, 0.3) is 0 Å². The standard InChI is InChI=1S/C11H10ClN3O3S/c1-5-9(11(17)18)19-8(15-5)4-14-10(16)7-2-6(12)3-13-7/h2-3,13H,4H2,1H3,(H,14,16)(H,17,18). The van der Waals surface area contributed by atoms with E-state index < -0.39 is 5.97 Å². The Labute approximate surface area is 117 Å². The van der Waals surface area contributed by atoms with Crippen molar-refractivity contribution < 1.29 is 14.7 Å². The number of thiazole rings is 1. The van der Waals surface area contributed by atoms with Gasteiger partial charge < -0.3 is 15.4 Å². The molecular formula is C11H10ClN3O3S. The van der Waals surface area contributed by atoms with Crippen LogP contribution in [0.2, 0.25) is 5.02 Å². The van der Waals surface area contributed by atoms with Gasteiger partial charge in [0.05, 0.1) is 17.3 Å². The maximum absolute atomic E-state index is 11.7. The second-order valence-electron chi connectivity index (χ2n) is 3.74. The number of nitrogens with zero attached hydrogens (tertiary/aromatic N) is 1. The zero-order chi connectivity index (χ0) is 14.0. The Morgan fingerprint density at radius 3 is 2.84 bits per heavy atom. The lowest BCUT2D eigenvalue weighted by Gasteiger charge is -2.00. The number of aromatic nitrogens is 2. The van der Waals surface area contributed by atoms with Crippen LogP contribution in [0.15, 0.2) is 12.3 Å². The number of amides is 1. The van der Waals surface area contributed by atoms with Gasteiger partial charge in [-0.1, -0.05) is 11.6 Å². The summed E-state index contributed by atoms with van der Waals surface area (Å²) in [7, 11) is 0. The highest BCUT2D eigenvalue weighted by Crippen LogP contribution is 2.18. The quantitative estimate of drug-likeness (QED) is 0.805. The molecule has 19 heavy (non-hydrogen) atoms. The summed E-state index contributed by atoms with van der Waals surface area (Å²) in [4.78, 5) is 29.6. The molecule has 2 aromatic heterocycles. The molecule has 2 heterocycles. The van der Waals surface area contributed by atoms with Gasteiger partial charge in [0, 0.05) is 6.20 Å². The molecule has 8 heteroatoms. The Hall–Kier alpha value is -1.86. The fourth-order valence-corrected chi connectivity index (χ4v) is 2.48. The zero-order valence-electron chi connectivity index (χ0n) is 9.86. The van der Waals surface area contributed by atoms with Gasteiger partial charge in [-0.2, -0.15) is 0 Å². The summed E-state index contributed by atoms with van der Waals surface area (Å²) in [6.07, 6.45) is 1.51. The first-order valence-electron chi connectivity index (χ1n) is 5.29. The van der Waals surface area contributed by atoms with E-state index in [4.69, 9.17) is 16.7 Å². The van der Waals surface area contributed by atoms with Crippen LogP contribution in [0.1, 0.15) is 30.9 Å². The lowest BCUT2D eigenvalue weighted by Crippen LogP contribution is -2.22. The van der Waals surface area contributed by atoms with Crippen LogP contribution >= 0.6 is 22.9 Å². The van der Waals surface area contributed by atoms with Crippen LogP contribution in [0, 0.1) is 6.92 Å². The summed E-state index contributed by atoms with van der Waals surface area (Å²) < 4.78 is 0. The summed E-state index contributed by atoms with van der Waals surface area (Å²) in [6.45, 7) is 1.80. The summed E-state index contributed by atoms with van der Waals surface area (Å²) in [5, 5.41) is 12.5. The smallest absolute Gasteiger partial charge is 0.347 e. The molecule has 3 N–H and O–H groups in total. The number of carboxylic acid groups (broad SMARTS) is 1. The molecule has 0 saturated heterocycles. The van der Waals surface area contributed by atoms with Crippen molar-refractivity contribution in [3.63, 3.8) is 0 Å². The summed E-state index contributed by atoms with van der Waals surface area (Å²) in [6, 6.07) is 1.51. The van der Waals surface area contributed by atoms with Gasteiger partial charge in [-0.3, -0.25) is 4.79 Å². The second kappa shape index (κ2) is 5.41. The van der Waals surface area contributed by atoms with Gasteiger partial charge in [0.25, 0.3) is 5.91 Å². The molecule has 6 nitrogen and oxygen atoms in total. The van der Waals surface area contributed by atoms with Crippen molar-refractivity contribution in [2.45, 2.75) is 13.5 Å². The van der Waals surface area contributed by atoms with Gasteiger partial charge >= 0.3 is 5.97 Å². The molecule has 0 aliphatic carbocycles. The maximum Gasteiger partial charge on any atom is 0.347 e. The molecule has 0 atom stereocenters. The van der Waals surface area contributed by atoms with Gasteiger partial charge in [-0.25, -0.2) is 9.78 Å². The Bertz CT molecular complexity index is 635. The Morgan fingerprint density at radius 1 is 1.58 bits per heavy atom. The first-order chi connectivity index (χ1) is 8.97. The monoisotopic (exact) mass is 299 g/mol. The van der Waals surface area contributed by atoms with Crippen LogP contribution in [0.3, 0.4) is 0 Å². The van der Waals surface area contributed by atoms with E-state index in [0.29, 0.717) is 21.4 Å². The highest BCUT2D eigenvalue weighted by Gasteiger charge is 2.15. The average molecular weight is 300 g/mol. The highest BCUT2D eigenvalue weighted by atomic mass is 35.5. The van der Waals surface area contributed by atoms with Crippen LogP contribution in [0.5, 0.6) is 0 Å². The first kappa shape index (κ1) is 13.6. The molecule has 1 amide bonds. The zero-order valence-corrected chi connectivity index (χ0v) is 11.4. The van der Waals surface area contributed by atoms with Crippen LogP contribution in [0.4, 0.5) is 0 Å². The van der Waals surface area contributed by atoms with Gasteiger partial charge in [0.15, 0.2) is 0 Å². The van der Waals surface area contributed by atoms with Crippen molar-refractivity contribution >= 4 is 34.8 Å². The number of aromatic carboxylic acids is 1. The van der Waals surface area contributed by atoms with Crippen molar-refractivity contribution in [2.24, 2.45) is 0 Å². The SMILES string of the molecule is Cc1nc(CNC(=O)c2cc(Cl)c[nH]2)sc1C(=O)O. The highest BCUT2D eigenvalue weighted by molar-refractivity contribution is 7.13. The maximum atomic E-state index is 11.7. The molecule has 0 aromatic carbocycles. The van der Waals surface area contributed by atoms with Gasteiger partial charge in [-0.05, 0) is 13.0 Å². The minimum absolute atomic E-state index is 0.175. The van der Waals surface area contributed by atoms with Crippen molar-refractivity contribution in [1.82, 2.24) is 15.3 Å². The van der Waals surface area contributed by atoms with E-state index in [2.05, 4.69) is 15.3 Å². The number of hydrogen-bond donors (Lipinski definition) is 3. The fourth-order valence-electron chi connectivity index (χ4n) is 1.48. The average Bonchev–Trinajstić information content (AvgIpc) is 2.92. The molecule has 0 fully saturated rings. The Morgan fingerprint density at radius 2 is 2.32 bits per heavy atom. The number of carbonyl (C=O) groups is 2. The second-order valence-corrected chi connectivity index (χ2v) is 5.26. The van der Waals surface area contributed by atoms with E-state index in [1.165, 1.54) is 12.3 Å². The lowest BCUT2D eigenvalue weighted by molar-refractivity contribution is 0.0701. The minimum atomic E-state index is -1.01. The van der Waals surface area contributed by atoms with Crippen LogP contribution < -0.4 is 5.32 Å². The number of nitrogens with one attached hydrogen (secondary N) is 2. The van der Waals surface area contributed by atoms with Crippen molar-refractivity contribution in [3.05, 3.63) is 38.6 Å². The molecular weight excluding hydrogens is 290 g/mol. The largest absolute Gasteiger partial charge is 0.477 e. The van der Waals surface area contributed by atoms with Crippen molar-refractivity contribution in [3.8, 4) is 0 Å². The topological polar surface area (TPSA) is 95.1 Å². The molecule has 2 aromatic rings. The number of aromatic amines is 1. The summed E-state index contributed by atoms with van der Waals surface area (Å²) >= 11 is 6.74. The predicted octanol–water partition coefficient (Wildman–Crippen LogP) is 2.06. The fraction of sp³-hybridized carbons (Fsp3) is 0.182. The molecule has 0 saturated carbocycles.